The van der Waals surface area contributed by atoms with Gasteiger partial charge < -0.3 is 13.9 Å². The Hall–Kier alpha value is -2.85. The van der Waals surface area contributed by atoms with Gasteiger partial charge in [0.05, 0.1) is 11.9 Å². The Labute approximate surface area is 194 Å². The summed E-state index contributed by atoms with van der Waals surface area (Å²) in [5.41, 5.74) is 0.700. The van der Waals surface area contributed by atoms with Crippen LogP contribution >= 0.6 is 0 Å². The Morgan fingerprint density at radius 1 is 1.15 bits per heavy atom. The molecule has 0 saturated heterocycles. The molecule has 178 valence electrons. The minimum absolute atomic E-state index is 0.0509. The van der Waals surface area contributed by atoms with Crippen molar-refractivity contribution in [3.05, 3.63) is 47.8 Å². The van der Waals surface area contributed by atoms with E-state index in [9.17, 15) is 22.7 Å². The summed E-state index contributed by atoms with van der Waals surface area (Å²) in [6.07, 6.45) is 1.07. The molecule has 2 aromatic carbocycles. The van der Waals surface area contributed by atoms with Crippen LogP contribution < -0.4 is 8.73 Å². The number of aromatic carboxylic acids is 1. The third kappa shape index (κ3) is 4.76. The van der Waals surface area contributed by atoms with E-state index in [1.165, 1.54) is 43.4 Å². The zero-order valence-electron chi connectivity index (χ0n) is 19.7. The smallest absolute Gasteiger partial charge is 0.340 e. The Bertz CT molecular complexity index is 1320. The SMILES string of the molecule is CN(c1cc2oc(-c3ccc(F)cc3)c(C(=O)O)c2cc1O[Si](C)(C)C(C)(C)C)S(C)(=O)=O. The number of carbonyl (C=O) groups is 1. The number of fused-ring (bicyclic) bond motifs is 1. The van der Waals surface area contributed by atoms with Crippen LogP contribution in [0.2, 0.25) is 18.1 Å². The first-order valence-electron chi connectivity index (χ1n) is 10.3. The van der Waals surface area contributed by atoms with Crippen molar-refractivity contribution in [2.45, 2.75) is 38.9 Å². The first kappa shape index (κ1) is 24.8. The maximum atomic E-state index is 13.4. The van der Waals surface area contributed by atoms with Gasteiger partial charge in [-0.25, -0.2) is 17.6 Å². The number of anilines is 1. The number of rotatable bonds is 6. The van der Waals surface area contributed by atoms with Gasteiger partial charge in [0, 0.05) is 24.1 Å². The number of hydrogen-bond donors (Lipinski definition) is 1. The molecule has 7 nitrogen and oxygen atoms in total. The van der Waals surface area contributed by atoms with E-state index in [0.717, 1.165) is 10.6 Å². The molecule has 0 aliphatic heterocycles. The zero-order valence-corrected chi connectivity index (χ0v) is 21.5. The monoisotopic (exact) mass is 493 g/mol. The van der Waals surface area contributed by atoms with Gasteiger partial charge in [0.2, 0.25) is 10.0 Å². The predicted molar refractivity (Wildman–Crippen MR) is 130 cm³/mol. The van der Waals surface area contributed by atoms with Crippen molar-refractivity contribution >= 4 is 41.0 Å². The largest absolute Gasteiger partial charge is 0.542 e. The Morgan fingerprint density at radius 2 is 1.73 bits per heavy atom. The number of halogens is 1. The highest BCUT2D eigenvalue weighted by Gasteiger charge is 2.40. The van der Waals surface area contributed by atoms with Gasteiger partial charge in [-0.15, -0.1) is 0 Å². The average molecular weight is 494 g/mol. The van der Waals surface area contributed by atoms with Gasteiger partial charge in [0.1, 0.15) is 28.5 Å². The fraction of sp³-hybridized carbons (Fsp3) is 0.348. The van der Waals surface area contributed by atoms with Crippen LogP contribution in [0.3, 0.4) is 0 Å². The van der Waals surface area contributed by atoms with Crippen LogP contribution in [0.25, 0.3) is 22.3 Å². The summed E-state index contributed by atoms with van der Waals surface area (Å²) in [5.74, 6) is -1.38. The van der Waals surface area contributed by atoms with Gasteiger partial charge in [-0.3, -0.25) is 4.31 Å². The summed E-state index contributed by atoms with van der Waals surface area (Å²) in [6, 6.07) is 8.27. The third-order valence-electron chi connectivity index (χ3n) is 6.10. The first-order chi connectivity index (χ1) is 15.0. The quantitative estimate of drug-likeness (QED) is 0.441. The fourth-order valence-electron chi connectivity index (χ4n) is 3.06. The number of carboxylic acid groups (broad SMARTS) is 1. The molecule has 1 heterocycles. The lowest BCUT2D eigenvalue weighted by atomic mass is 10.0. The number of sulfonamides is 1. The van der Waals surface area contributed by atoms with Crippen molar-refractivity contribution in [3.8, 4) is 17.1 Å². The van der Waals surface area contributed by atoms with E-state index < -0.39 is 30.1 Å². The molecule has 3 rings (SSSR count). The number of benzene rings is 2. The first-order valence-corrected chi connectivity index (χ1v) is 15.0. The van der Waals surface area contributed by atoms with Gasteiger partial charge >= 0.3 is 5.97 Å². The van der Waals surface area contributed by atoms with E-state index in [0.29, 0.717) is 5.56 Å². The van der Waals surface area contributed by atoms with E-state index in [1.54, 1.807) is 0 Å². The molecule has 10 heteroatoms. The summed E-state index contributed by atoms with van der Waals surface area (Å²) in [5, 5.41) is 10.0. The summed E-state index contributed by atoms with van der Waals surface area (Å²) in [7, 11) is -4.66. The average Bonchev–Trinajstić information content (AvgIpc) is 3.04. The van der Waals surface area contributed by atoms with Crippen molar-refractivity contribution in [1.29, 1.82) is 0 Å². The number of carboxylic acids is 1. The van der Waals surface area contributed by atoms with Crippen LogP contribution in [0, 0.1) is 5.82 Å². The summed E-state index contributed by atoms with van der Waals surface area (Å²) >= 11 is 0. The highest BCUT2D eigenvalue weighted by molar-refractivity contribution is 7.92. The number of nitrogens with zero attached hydrogens (tertiary/aromatic N) is 1. The topological polar surface area (TPSA) is 97.1 Å². The normalized spacial score (nSPS) is 12.7. The molecule has 0 atom stereocenters. The maximum Gasteiger partial charge on any atom is 0.340 e. The van der Waals surface area contributed by atoms with Crippen molar-refractivity contribution in [2.24, 2.45) is 0 Å². The second-order valence-electron chi connectivity index (χ2n) is 9.53. The highest BCUT2D eigenvalue weighted by atomic mass is 32.2. The lowest BCUT2D eigenvalue weighted by Crippen LogP contribution is -2.44. The fourth-order valence-corrected chi connectivity index (χ4v) is 4.58. The molecular weight excluding hydrogens is 465 g/mol. The van der Waals surface area contributed by atoms with Crippen LogP contribution in [0.4, 0.5) is 10.1 Å². The Morgan fingerprint density at radius 3 is 2.21 bits per heavy atom. The highest BCUT2D eigenvalue weighted by Crippen LogP contribution is 2.44. The molecule has 0 aliphatic rings. The molecule has 0 aliphatic carbocycles. The van der Waals surface area contributed by atoms with Gasteiger partial charge in [0.15, 0.2) is 0 Å². The van der Waals surface area contributed by atoms with E-state index >= 15 is 0 Å². The molecule has 0 radical (unpaired) electrons. The molecule has 1 N–H and O–H groups in total. The van der Waals surface area contributed by atoms with Crippen LogP contribution in [0.5, 0.6) is 5.75 Å². The molecule has 3 aromatic rings. The molecule has 33 heavy (non-hydrogen) atoms. The summed E-state index contributed by atoms with van der Waals surface area (Å²) in [4.78, 5) is 12.2. The summed E-state index contributed by atoms with van der Waals surface area (Å²) < 4.78 is 51.5. The molecule has 0 unspecified atom stereocenters. The molecule has 0 spiro atoms. The molecule has 0 amide bonds. The second kappa shape index (κ2) is 8.18. The van der Waals surface area contributed by atoms with E-state index in [4.69, 9.17) is 8.84 Å². The standard InChI is InChI=1S/C23H28FNO6SSi/c1-23(2,3)33(6,7)31-19-12-16-18(13-17(19)25(4)32(5,28)29)30-21(20(16)22(26)27)14-8-10-15(24)11-9-14/h8-13H,1-7H3,(H,26,27). The number of furan rings is 1. The molecule has 0 fully saturated rings. The van der Waals surface area contributed by atoms with Crippen molar-refractivity contribution in [1.82, 2.24) is 0 Å². The van der Waals surface area contributed by atoms with Crippen molar-refractivity contribution < 1.29 is 31.6 Å². The van der Waals surface area contributed by atoms with Gasteiger partial charge in [0.25, 0.3) is 8.32 Å². The predicted octanol–water partition coefficient (Wildman–Crippen LogP) is 5.72. The minimum Gasteiger partial charge on any atom is -0.542 e. The third-order valence-corrected chi connectivity index (χ3v) is 11.6. The lowest BCUT2D eigenvalue weighted by Gasteiger charge is -2.37. The van der Waals surface area contributed by atoms with Gasteiger partial charge in [-0.2, -0.15) is 0 Å². The molecule has 0 saturated carbocycles. The molecule has 0 bridgehead atoms. The van der Waals surface area contributed by atoms with Crippen LogP contribution in [0.15, 0.2) is 40.8 Å². The second-order valence-corrected chi connectivity index (χ2v) is 16.3. The van der Waals surface area contributed by atoms with Crippen molar-refractivity contribution in [2.75, 3.05) is 17.6 Å². The van der Waals surface area contributed by atoms with Gasteiger partial charge in [-0.05, 0) is 48.5 Å². The molecule has 1 aromatic heterocycles. The zero-order chi connectivity index (χ0) is 24.9. The van der Waals surface area contributed by atoms with E-state index in [2.05, 4.69) is 0 Å². The minimum atomic E-state index is -3.65. The molecular formula is C23H28FNO6SSi. The van der Waals surface area contributed by atoms with E-state index in [-0.39, 0.29) is 38.8 Å². The van der Waals surface area contributed by atoms with Crippen LogP contribution in [0.1, 0.15) is 31.1 Å². The lowest BCUT2D eigenvalue weighted by molar-refractivity contribution is 0.0699. The van der Waals surface area contributed by atoms with Crippen LogP contribution in [-0.4, -0.2) is 41.1 Å². The van der Waals surface area contributed by atoms with Gasteiger partial charge in [-0.1, -0.05) is 20.8 Å². The van der Waals surface area contributed by atoms with Crippen molar-refractivity contribution in [3.63, 3.8) is 0 Å². The Balaban J connectivity index is 2.35. The van der Waals surface area contributed by atoms with Crippen LogP contribution in [-0.2, 0) is 10.0 Å². The Kier molecular flexibility index (Phi) is 6.14. The number of hydrogen-bond acceptors (Lipinski definition) is 5. The van der Waals surface area contributed by atoms with E-state index in [1.807, 2.05) is 33.9 Å². The maximum absolute atomic E-state index is 13.4. The summed E-state index contributed by atoms with van der Waals surface area (Å²) in [6.45, 7) is 10.2.